The van der Waals surface area contributed by atoms with Gasteiger partial charge in [0.05, 0.1) is 12.9 Å². The molecule has 4 unspecified atom stereocenters. The van der Waals surface area contributed by atoms with Gasteiger partial charge in [0.15, 0.2) is 10.9 Å². The van der Waals surface area contributed by atoms with E-state index in [0.717, 1.165) is 0 Å². The third-order valence-corrected chi connectivity index (χ3v) is 3.85. The van der Waals surface area contributed by atoms with Crippen molar-refractivity contribution in [3.8, 4) is 0 Å². The van der Waals surface area contributed by atoms with Gasteiger partial charge in [-0.1, -0.05) is 12.2 Å². The van der Waals surface area contributed by atoms with Crippen LogP contribution in [0, 0.1) is 4.64 Å². The first-order chi connectivity index (χ1) is 10.9. The summed E-state index contributed by atoms with van der Waals surface area (Å²) in [6, 6.07) is 0. The van der Waals surface area contributed by atoms with Crippen LogP contribution in [0.1, 0.15) is 13.2 Å². The number of aliphatic hydroxyl groups is 3. The van der Waals surface area contributed by atoms with Crippen molar-refractivity contribution in [2.45, 2.75) is 31.5 Å². The Bertz CT molecular complexity index is 805. The third kappa shape index (κ3) is 2.62. The number of H-pyrrole nitrogens is 1. The highest BCUT2D eigenvalue weighted by Crippen LogP contribution is 2.34. The van der Waals surface area contributed by atoms with Gasteiger partial charge in [-0.3, -0.25) is 14.7 Å². The first-order valence-corrected chi connectivity index (χ1v) is 7.20. The molecule has 4 atom stereocenters. The van der Waals surface area contributed by atoms with E-state index in [4.69, 9.17) is 17.0 Å². The molecule has 0 aromatic carbocycles. The molecule has 1 saturated heterocycles. The molecule has 3 rings (SSSR count). The van der Waals surface area contributed by atoms with E-state index < -0.39 is 31.1 Å². The normalized spacial score (nSPS) is 27.5. The predicted octanol–water partition coefficient (Wildman–Crippen LogP) is -0.941. The zero-order valence-corrected chi connectivity index (χ0v) is 12.8. The maximum atomic E-state index is 11.4. The molecule has 124 valence electrons. The average molecular weight is 341 g/mol. The molecule has 10 nitrogen and oxygen atoms in total. The minimum absolute atomic E-state index is 0.0812. The summed E-state index contributed by atoms with van der Waals surface area (Å²) in [5, 5.41) is 31.9. The van der Waals surface area contributed by atoms with Gasteiger partial charge in [-0.15, -0.1) is 0 Å². The van der Waals surface area contributed by atoms with Gasteiger partial charge >= 0.3 is 0 Å². The molecular formula is C12H15N5O5S. The topological polar surface area (TPSA) is 146 Å². The van der Waals surface area contributed by atoms with E-state index in [9.17, 15) is 20.1 Å². The first kappa shape index (κ1) is 16.0. The van der Waals surface area contributed by atoms with Crippen LogP contribution in [0.5, 0.6) is 0 Å². The molecule has 0 saturated carbocycles. The van der Waals surface area contributed by atoms with Crippen molar-refractivity contribution in [3.05, 3.63) is 11.0 Å². The van der Waals surface area contributed by atoms with Crippen LogP contribution in [0.25, 0.3) is 11.2 Å². The second-order valence-electron chi connectivity index (χ2n) is 5.12. The van der Waals surface area contributed by atoms with E-state index in [1.54, 1.807) is 0 Å². The summed E-state index contributed by atoms with van der Waals surface area (Å²) in [6.45, 7) is 0.839. The van der Waals surface area contributed by atoms with Gasteiger partial charge in [0.1, 0.15) is 29.5 Å². The number of anilines is 1. The standard InChI is InChI=1S/C12H15N5O5S/c1-4(19)15-12-16-6-9(13-3-14-10(6)23)17(12)11-8(21)7(20)5(2-18)22-11/h3,5,7-8,11,18,20-21H,2H2,1H3,(H,13,14,23)(H,15,16,19). The second-order valence-corrected chi connectivity index (χ2v) is 5.51. The molecule has 23 heavy (non-hydrogen) atoms. The highest BCUT2D eigenvalue weighted by Gasteiger charge is 2.45. The Morgan fingerprint density at radius 2 is 2.26 bits per heavy atom. The summed E-state index contributed by atoms with van der Waals surface area (Å²) in [5.41, 5.74) is 0.674. The van der Waals surface area contributed by atoms with E-state index in [2.05, 4.69) is 20.3 Å². The van der Waals surface area contributed by atoms with E-state index in [-0.39, 0.29) is 16.5 Å². The fraction of sp³-hybridized carbons (Fsp3) is 0.500. The van der Waals surface area contributed by atoms with Gasteiger partial charge in [0.2, 0.25) is 11.9 Å². The number of imidazole rings is 1. The SMILES string of the molecule is CC(=O)Nc1nc2c(=S)nc[nH]c2n1C1OC(CO)C(O)C1O. The number of amides is 1. The third-order valence-electron chi connectivity index (χ3n) is 3.56. The van der Waals surface area contributed by atoms with Crippen LogP contribution in [0.2, 0.25) is 0 Å². The maximum Gasteiger partial charge on any atom is 0.223 e. The van der Waals surface area contributed by atoms with Crippen molar-refractivity contribution >= 4 is 35.2 Å². The molecule has 1 amide bonds. The van der Waals surface area contributed by atoms with Crippen LogP contribution < -0.4 is 5.32 Å². The van der Waals surface area contributed by atoms with Crippen molar-refractivity contribution < 1.29 is 24.9 Å². The lowest BCUT2D eigenvalue weighted by molar-refractivity contribution is -0.114. The Labute approximate surface area is 134 Å². The molecule has 2 aromatic rings. The van der Waals surface area contributed by atoms with Crippen molar-refractivity contribution in [3.63, 3.8) is 0 Å². The lowest BCUT2D eigenvalue weighted by Gasteiger charge is -2.19. The molecule has 11 heteroatoms. The Hall–Kier alpha value is -1.92. The van der Waals surface area contributed by atoms with Gasteiger partial charge in [0.25, 0.3) is 0 Å². The summed E-state index contributed by atoms with van der Waals surface area (Å²) in [6.07, 6.45) is -3.28. The zero-order chi connectivity index (χ0) is 16.7. The number of hydrogen-bond acceptors (Lipinski definition) is 8. The number of carbonyl (C=O) groups excluding carboxylic acids is 1. The van der Waals surface area contributed by atoms with E-state index >= 15 is 0 Å². The zero-order valence-electron chi connectivity index (χ0n) is 12.0. The molecule has 0 bridgehead atoms. The molecule has 1 aliphatic rings. The number of fused-ring (bicyclic) bond motifs is 1. The van der Waals surface area contributed by atoms with Gasteiger partial charge in [-0.05, 0) is 0 Å². The summed E-state index contributed by atoms with van der Waals surface area (Å²) in [7, 11) is 0. The Morgan fingerprint density at radius 1 is 1.52 bits per heavy atom. The van der Waals surface area contributed by atoms with Crippen LogP contribution in [-0.4, -0.2) is 65.7 Å². The quantitative estimate of drug-likeness (QED) is 0.450. The minimum atomic E-state index is -1.33. The van der Waals surface area contributed by atoms with Crippen molar-refractivity contribution in [2.75, 3.05) is 11.9 Å². The van der Waals surface area contributed by atoms with Crippen molar-refractivity contribution in [1.29, 1.82) is 0 Å². The van der Waals surface area contributed by atoms with Gasteiger partial charge in [-0.25, -0.2) is 9.97 Å². The van der Waals surface area contributed by atoms with Crippen molar-refractivity contribution in [1.82, 2.24) is 19.5 Å². The monoisotopic (exact) mass is 341 g/mol. The van der Waals surface area contributed by atoms with Gasteiger partial charge in [0, 0.05) is 6.92 Å². The van der Waals surface area contributed by atoms with Crippen LogP contribution >= 0.6 is 12.2 Å². The maximum absolute atomic E-state index is 11.4. The molecule has 0 spiro atoms. The van der Waals surface area contributed by atoms with Crippen LogP contribution in [-0.2, 0) is 9.53 Å². The predicted molar refractivity (Wildman–Crippen MR) is 80.0 cm³/mol. The largest absolute Gasteiger partial charge is 0.394 e. The Kier molecular flexibility index (Phi) is 4.12. The smallest absolute Gasteiger partial charge is 0.223 e. The molecule has 1 fully saturated rings. The van der Waals surface area contributed by atoms with Gasteiger partial charge < -0.3 is 25.0 Å². The fourth-order valence-electron chi connectivity index (χ4n) is 2.52. The number of carbonyl (C=O) groups is 1. The number of aromatic nitrogens is 4. The van der Waals surface area contributed by atoms with E-state index in [1.165, 1.54) is 17.8 Å². The summed E-state index contributed by atoms with van der Waals surface area (Å²) in [5.74, 6) is -0.301. The number of hydrogen-bond donors (Lipinski definition) is 5. The highest BCUT2D eigenvalue weighted by molar-refractivity contribution is 7.71. The minimum Gasteiger partial charge on any atom is -0.394 e. The first-order valence-electron chi connectivity index (χ1n) is 6.79. The second kappa shape index (κ2) is 5.94. The molecule has 2 aromatic heterocycles. The van der Waals surface area contributed by atoms with E-state index in [0.29, 0.717) is 11.2 Å². The molecule has 3 heterocycles. The van der Waals surface area contributed by atoms with Crippen molar-refractivity contribution in [2.24, 2.45) is 0 Å². The highest BCUT2D eigenvalue weighted by atomic mass is 32.1. The lowest BCUT2D eigenvalue weighted by atomic mass is 10.1. The van der Waals surface area contributed by atoms with Crippen LogP contribution in [0.15, 0.2) is 6.33 Å². The number of nitrogens with one attached hydrogen (secondary N) is 2. The number of ether oxygens (including phenoxy) is 1. The van der Waals surface area contributed by atoms with E-state index in [1.807, 2.05) is 0 Å². The van der Waals surface area contributed by atoms with Gasteiger partial charge in [-0.2, -0.15) is 0 Å². The average Bonchev–Trinajstić information content (AvgIpc) is 2.98. The number of aliphatic hydroxyl groups excluding tert-OH is 3. The molecule has 1 aliphatic heterocycles. The molecule has 0 aliphatic carbocycles. The van der Waals surface area contributed by atoms with Crippen LogP contribution in [0.4, 0.5) is 5.95 Å². The molecule has 5 N–H and O–H groups in total. The van der Waals surface area contributed by atoms with Crippen LogP contribution in [0.3, 0.4) is 0 Å². The number of rotatable bonds is 3. The molecule has 0 radical (unpaired) electrons. The fourth-order valence-corrected chi connectivity index (χ4v) is 2.71. The Balaban J connectivity index is 2.17. The lowest BCUT2D eigenvalue weighted by Crippen LogP contribution is -2.33. The number of aromatic amines is 1. The summed E-state index contributed by atoms with van der Waals surface area (Å²) >= 11 is 5.10. The summed E-state index contributed by atoms with van der Waals surface area (Å²) < 4.78 is 7.07. The Morgan fingerprint density at radius 3 is 2.87 bits per heavy atom. The number of nitrogens with zero attached hydrogens (tertiary/aromatic N) is 3. The molecular weight excluding hydrogens is 326 g/mol. The summed E-state index contributed by atoms with van der Waals surface area (Å²) in [4.78, 5) is 22.4.